The van der Waals surface area contributed by atoms with E-state index in [1.165, 1.54) is 38.5 Å². The summed E-state index contributed by atoms with van der Waals surface area (Å²) in [4.78, 5) is 22.8. The molecule has 7 nitrogen and oxygen atoms in total. The van der Waals surface area contributed by atoms with E-state index in [0.717, 1.165) is 48.8 Å². The molecule has 2 aliphatic carbocycles. The van der Waals surface area contributed by atoms with Crippen molar-refractivity contribution in [3.8, 4) is 5.75 Å². The van der Waals surface area contributed by atoms with Crippen molar-refractivity contribution < 1.29 is 28.9 Å². The molecule has 1 saturated heterocycles. The zero-order valence-electron chi connectivity index (χ0n) is 21.9. The largest absolute Gasteiger partial charge is 0.491 e. The number of carbonyl (C=O) groups excluding carboxylic acids is 2. The lowest BCUT2D eigenvalue weighted by Crippen LogP contribution is -2.32. The molecule has 1 aliphatic heterocycles. The number of carbonyl (C=O) groups is 2. The fourth-order valence-electron chi connectivity index (χ4n) is 5.09. The zero-order valence-corrected chi connectivity index (χ0v) is 22.7. The summed E-state index contributed by atoms with van der Waals surface area (Å²) in [6.45, 7) is 6.13. The molecule has 1 aromatic rings. The van der Waals surface area contributed by atoms with Crippen LogP contribution < -0.4 is 10.1 Å². The second-order valence-electron chi connectivity index (χ2n) is 10.5. The van der Waals surface area contributed by atoms with Gasteiger partial charge in [-0.3, -0.25) is 14.9 Å². The number of ether oxygens (including phenoxy) is 3. The van der Waals surface area contributed by atoms with Gasteiger partial charge in [-0.05, 0) is 63.6 Å². The Morgan fingerprint density at radius 2 is 1.42 bits per heavy atom. The number of aliphatic hydroxyl groups is 1. The van der Waals surface area contributed by atoms with Gasteiger partial charge in [-0.2, -0.15) is 0 Å². The van der Waals surface area contributed by atoms with Crippen LogP contribution in [0.2, 0.25) is 0 Å². The van der Waals surface area contributed by atoms with E-state index in [1.54, 1.807) is 0 Å². The summed E-state index contributed by atoms with van der Waals surface area (Å²) in [7, 11) is 0. The highest BCUT2D eigenvalue weighted by Gasteiger charge is 2.31. The van der Waals surface area contributed by atoms with Crippen molar-refractivity contribution in [3.63, 3.8) is 0 Å². The molecule has 0 spiro atoms. The van der Waals surface area contributed by atoms with E-state index >= 15 is 0 Å². The van der Waals surface area contributed by atoms with Gasteiger partial charge in [-0.15, -0.1) is 0 Å². The van der Waals surface area contributed by atoms with Crippen molar-refractivity contribution in [2.24, 2.45) is 0 Å². The number of thioether (sulfide) groups is 1. The summed E-state index contributed by atoms with van der Waals surface area (Å²) in [5, 5.41) is 10.3. The van der Waals surface area contributed by atoms with Crippen LogP contribution in [0.1, 0.15) is 83.6 Å². The van der Waals surface area contributed by atoms with Gasteiger partial charge in [-0.25, -0.2) is 0 Å². The number of rotatable bonds is 10. The Bertz CT molecular complexity index is 818. The number of imide groups is 1. The van der Waals surface area contributed by atoms with E-state index in [9.17, 15) is 9.59 Å². The molecule has 202 valence electrons. The minimum Gasteiger partial charge on any atom is -0.491 e. The topological polar surface area (TPSA) is 94.1 Å². The molecule has 0 radical (unpaired) electrons. The summed E-state index contributed by atoms with van der Waals surface area (Å²) in [5.74, 6) is 0.587. The molecule has 0 bridgehead atoms. The Kier molecular flexibility index (Phi) is 11.5. The lowest BCUT2D eigenvalue weighted by atomic mass is 9.86. The van der Waals surface area contributed by atoms with E-state index in [4.69, 9.17) is 19.3 Å². The lowest BCUT2D eigenvalue weighted by Gasteiger charge is -2.33. The minimum atomic E-state index is -0.330. The molecule has 2 amide bonds. The van der Waals surface area contributed by atoms with Crippen LogP contribution in [0, 0.1) is 0 Å². The molecule has 0 aromatic heterocycles. The Balaban J connectivity index is 0.000000275. The number of amides is 2. The fraction of sp³-hybridized carbons (Fsp3) is 0.714. The van der Waals surface area contributed by atoms with Crippen molar-refractivity contribution in [1.82, 2.24) is 5.32 Å². The van der Waals surface area contributed by atoms with Crippen molar-refractivity contribution >= 4 is 22.9 Å². The van der Waals surface area contributed by atoms with Gasteiger partial charge >= 0.3 is 0 Å². The first-order valence-electron chi connectivity index (χ1n) is 13.4. The molecule has 3 aliphatic rings. The summed E-state index contributed by atoms with van der Waals surface area (Å²) in [6.07, 6.45) is 12.9. The average molecular weight is 522 g/mol. The Labute approximate surface area is 220 Å². The number of hydrogen-bond donors (Lipinski definition) is 2. The monoisotopic (exact) mass is 521 g/mol. The molecule has 8 heteroatoms. The smallest absolute Gasteiger partial charge is 0.286 e. The van der Waals surface area contributed by atoms with Crippen LogP contribution in [0.25, 0.3) is 0 Å². The van der Waals surface area contributed by atoms with Crippen molar-refractivity contribution in [2.45, 2.75) is 101 Å². The minimum absolute atomic E-state index is 0.0163. The van der Waals surface area contributed by atoms with E-state index in [-0.39, 0.29) is 34.2 Å². The van der Waals surface area contributed by atoms with Crippen LogP contribution >= 0.6 is 11.8 Å². The Morgan fingerprint density at radius 3 is 1.92 bits per heavy atom. The first-order valence-corrected chi connectivity index (χ1v) is 14.3. The SMILES string of the molecule is CC1(OCCO)CCCCC1.CC1(OCCOc2ccc(CC3SC(=O)NC3=O)cc2)CCCCC1. The predicted molar refractivity (Wildman–Crippen MR) is 143 cm³/mol. The van der Waals surface area contributed by atoms with Crippen molar-refractivity contribution in [3.05, 3.63) is 29.8 Å². The molecular formula is C28H43NO6S. The summed E-state index contributed by atoms with van der Waals surface area (Å²) >= 11 is 1.06. The van der Waals surface area contributed by atoms with Gasteiger partial charge in [0.2, 0.25) is 5.91 Å². The van der Waals surface area contributed by atoms with Crippen LogP contribution in [0.4, 0.5) is 4.79 Å². The third-order valence-corrected chi connectivity index (χ3v) is 8.26. The molecule has 36 heavy (non-hydrogen) atoms. The Morgan fingerprint density at radius 1 is 0.861 bits per heavy atom. The number of hydrogen-bond acceptors (Lipinski definition) is 7. The lowest BCUT2D eigenvalue weighted by molar-refractivity contribution is -0.118. The molecule has 4 rings (SSSR count). The second-order valence-corrected chi connectivity index (χ2v) is 11.7. The molecule has 1 aromatic carbocycles. The van der Waals surface area contributed by atoms with Gasteiger partial charge in [0, 0.05) is 0 Å². The molecule has 1 atom stereocenters. The summed E-state index contributed by atoms with van der Waals surface area (Å²) in [6, 6.07) is 7.68. The van der Waals surface area contributed by atoms with Crippen molar-refractivity contribution in [1.29, 1.82) is 0 Å². The van der Waals surface area contributed by atoms with Gasteiger partial charge in [0.15, 0.2) is 0 Å². The predicted octanol–water partition coefficient (Wildman–Crippen LogP) is 5.42. The highest BCUT2D eigenvalue weighted by Crippen LogP contribution is 2.31. The van der Waals surface area contributed by atoms with Gasteiger partial charge in [0.05, 0.1) is 36.3 Å². The maximum Gasteiger partial charge on any atom is 0.286 e. The van der Waals surface area contributed by atoms with Crippen molar-refractivity contribution in [2.75, 3.05) is 26.4 Å². The highest BCUT2D eigenvalue weighted by atomic mass is 32.2. The average Bonchev–Trinajstić information content (AvgIpc) is 3.19. The molecular weight excluding hydrogens is 478 g/mol. The normalized spacial score (nSPS) is 22.9. The highest BCUT2D eigenvalue weighted by molar-refractivity contribution is 8.15. The number of aliphatic hydroxyl groups excluding tert-OH is 1. The van der Waals surface area contributed by atoms with Gasteiger partial charge in [0.1, 0.15) is 12.4 Å². The van der Waals surface area contributed by atoms with Crippen LogP contribution in [-0.4, -0.2) is 59.1 Å². The van der Waals surface area contributed by atoms with Gasteiger partial charge < -0.3 is 19.3 Å². The molecule has 1 unspecified atom stereocenters. The van der Waals surface area contributed by atoms with Crippen LogP contribution in [-0.2, 0) is 20.7 Å². The summed E-state index contributed by atoms with van der Waals surface area (Å²) < 4.78 is 17.3. The number of nitrogens with one attached hydrogen (secondary N) is 1. The molecule has 2 N–H and O–H groups in total. The zero-order chi connectivity index (χ0) is 25.9. The van der Waals surface area contributed by atoms with Crippen LogP contribution in [0.15, 0.2) is 24.3 Å². The third-order valence-electron chi connectivity index (χ3n) is 7.28. The van der Waals surface area contributed by atoms with Gasteiger partial charge in [0.25, 0.3) is 5.24 Å². The quantitative estimate of drug-likeness (QED) is 0.397. The molecule has 3 fully saturated rings. The van der Waals surface area contributed by atoms with E-state index in [2.05, 4.69) is 19.2 Å². The maximum atomic E-state index is 11.6. The van der Waals surface area contributed by atoms with E-state index in [1.807, 2.05) is 24.3 Å². The molecule has 2 saturated carbocycles. The Hall–Kier alpha value is -1.61. The second kappa shape index (κ2) is 14.4. The standard InChI is InChI=1S/C19H25NO4S.C9H18O2/c1-19(9-3-2-4-10-19)24-12-11-23-15-7-5-14(6-8-15)13-16-17(21)20-18(22)25-16;1-9(11-8-7-10)5-3-2-4-6-9/h5-8,16H,2-4,9-13H2,1H3,(H,20,21,22);10H,2-8H2,1H3. The molecule has 1 heterocycles. The van der Waals surface area contributed by atoms with E-state index < -0.39 is 0 Å². The number of benzene rings is 1. The first kappa shape index (κ1) is 29.0. The van der Waals surface area contributed by atoms with Crippen LogP contribution in [0.5, 0.6) is 5.75 Å². The fourth-order valence-corrected chi connectivity index (χ4v) is 5.95. The van der Waals surface area contributed by atoms with E-state index in [0.29, 0.717) is 26.2 Å². The summed E-state index contributed by atoms with van der Waals surface area (Å²) in [5.41, 5.74) is 1.10. The van der Waals surface area contributed by atoms with Gasteiger partial charge in [-0.1, -0.05) is 62.4 Å². The third kappa shape index (κ3) is 9.69. The van der Waals surface area contributed by atoms with Crippen LogP contribution in [0.3, 0.4) is 0 Å². The maximum absolute atomic E-state index is 11.6. The first-order chi connectivity index (χ1) is 17.3.